The average Bonchev–Trinajstić information content (AvgIpc) is 2.68. The zero-order valence-electron chi connectivity index (χ0n) is 8.74. The van der Waals surface area contributed by atoms with Crippen LogP contribution in [0.3, 0.4) is 0 Å². The Morgan fingerprint density at radius 2 is 2.20 bits per heavy atom. The van der Waals surface area contributed by atoms with Crippen LogP contribution in [0.15, 0.2) is 30.5 Å². The van der Waals surface area contributed by atoms with Gasteiger partial charge in [-0.1, -0.05) is 0 Å². The predicted octanol–water partition coefficient (Wildman–Crippen LogP) is 3.01. The maximum Gasteiger partial charge on any atom is 0.119 e. The second kappa shape index (κ2) is 4.34. The van der Waals surface area contributed by atoms with Gasteiger partial charge in [0, 0.05) is 23.6 Å². The third kappa shape index (κ3) is 1.96. The Balaban J connectivity index is 2.34. The van der Waals surface area contributed by atoms with Crippen molar-refractivity contribution >= 4 is 10.9 Å². The number of aryl methyl sites for hydroxylation is 1. The third-order valence-corrected chi connectivity index (χ3v) is 2.51. The normalized spacial score (nSPS) is 10.8. The van der Waals surface area contributed by atoms with Crippen molar-refractivity contribution in [1.82, 2.24) is 4.57 Å². The minimum absolute atomic E-state index is 0.268. The summed E-state index contributed by atoms with van der Waals surface area (Å²) >= 11 is 0. The Bertz CT molecular complexity index is 450. The van der Waals surface area contributed by atoms with E-state index in [0.717, 1.165) is 23.2 Å². The van der Waals surface area contributed by atoms with E-state index in [-0.39, 0.29) is 6.67 Å². The average molecular weight is 207 g/mol. The summed E-state index contributed by atoms with van der Waals surface area (Å²) < 4.78 is 19.3. The second-order valence-electron chi connectivity index (χ2n) is 3.48. The van der Waals surface area contributed by atoms with Crippen molar-refractivity contribution in [3.63, 3.8) is 0 Å². The number of halogens is 1. The van der Waals surface area contributed by atoms with Crippen LogP contribution < -0.4 is 4.74 Å². The largest absolute Gasteiger partial charge is 0.497 e. The lowest BCUT2D eigenvalue weighted by molar-refractivity contribution is 0.415. The maximum atomic E-state index is 12.1. The zero-order chi connectivity index (χ0) is 10.7. The highest BCUT2D eigenvalue weighted by Crippen LogP contribution is 2.21. The van der Waals surface area contributed by atoms with Crippen LogP contribution >= 0.6 is 0 Å². The van der Waals surface area contributed by atoms with Crippen molar-refractivity contribution in [2.45, 2.75) is 13.0 Å². The fourth-order valence-electron chi connectivity index (χ4n) is 1.73. The topological polar surface area (TPSA) is 14.2 Å². The molecule has 15 heavy (non-hydrogen) atoms. The number of rotatable bonds is 4. The van der Waals surface area contributed by atoms with Gasteiger partial charge in [0.2, 0.25) is 0 Å². The highest BCUT2D eigenvalue weighted by atomic mass is 19.1. The molecular weight excluding hydrogens is 193 g/mol. The van der Waals surface area contributed by atoms with Crippen LogP contribution in [0.1, 0.15) is 6.42 Å². The first kappa shape index (κ1) is 10.0. The molecule has 1 heterocycles. The van der Waals surface area contributed by atoms with Gasteiger partial charge in [0.1, 0.15) is 5.75 Å². The summed E-state index contributed by atoms with van der Waals surface area (Å²) in [4.78, 5) is 0. The molecule has 3 heteroatoms. The van der Waals surface area contributed by atoms with Gasteiger partial charge in [0.05, 0.1) is 13.8 Å². The van der Waals surface area contributed by atoms with Gasteiger partial charge in [0.25, 0.3) is 0 Å². The third-order valence-electron chi connectivity index (χ3n) is 2.51. The molecule has 0 saturated heterocycles. The first-order valence-electron chi connectivity index (χ1n) is 5.04. The van der Waals surface area contributed by atoms with Gasteiger partial charge in [-0.3, -0.25) is 4.39 Å². The molecule has 0 bridgehead atoms. The summed E-state index contributed by atoms with van der Waals surface area (Å²) in [7, 11) is 1.65. The van der Waals surface area contributed by atoms with Gasteiger partial charge in [-0.2, -0.15) is 0 Å². The van der Waals surface area contributed by atoms with E-state index in [0.29, 0.717) is 6.42 Å². The van der Waals surface area contributed by atoms with Crippen LogP contribution in [0.2, 0.25) is 0 Å². The summed E-state index contributed by atoms with van der Waals surface area (Å²) in [5, 5.41) is 1.13. The molecule has 0 atom stereocenters. The number of fused-ring (bicyclic) bond motifs is 1. The lowest BCUT2D eigenvalue weighted by Gasteiger charge is -2.04. The predicted molar refractivity (Wildman–Crippen MR) is 59.1 cm³/mol. The molecule has 0 aliphatic rings. The Kier molecular flexibility index (Phi) is 2.90. The lowest BCUT2D eigenvalue weighted by atomic mass is 10.2. The number of nitrogens with zero attached hydrogens (tertiary/aromatic N) is 1. The molecule has 2 rings (SSSR count). The number of hydrogen-bond donors (Lipinski definition) is 0. The van der Waals surface area contributed by atoms with E-state index in [1.165, 1.54) is 0 Å². The molecule has 80 valence electrons. The van der Waals surface area contributed by atoms with Gasteiger partial charge < -0.3 is 9.30 Å². The van der Waals surface area contributed by atoms with Crippen LogP contribution in [0.5, 0.6) is 5.75 Å². The number of hydrogen-bond acceptors (Lipinski definition) is 1. The van der Waals surface area contributed by atoms with Crippen molar-refractivity contribution in [3.8, 4) is 5.75 Å². The highest BCUT2D eigenvalue weighted by molar-refractivity contribution is 5.81. The molecule has 0 radical (unpaired) electrons. The molecule has 2 aromatic rings. The van der Waals surface area contributed by atoms with Crippen molar-refractivity contribution in [2.24, 2.45) is 0 Å². The molecule has 0 aliphatic carbocycles. The first-order valence-corrected chi connectivity index (χ1v) is 5.04. The molecule has 2 nitrogen and oxygen atoms in total. The quantitative estimate of drug-likeness (QED) is 0.751. The standard InChI is InChI=1S/C12H14FNO/c1-15-11-3-4-12-10(9-11)5-8-14(12)7-2-6-13/h3-5,8-9H,2,6-7H2,1H3. The summed E-state index contributed by atoms with van der Waals surface area (Å²) in [5.41, 5.74) is 1.13. The lowest BCUT2D eigenvalue weighted by Crippen LogP contribution is -1.96. The summed E-state index contributed by atoms with van der Waals surface area (Å²) in [6.45, 7) is 0.460. The van der Waals surface area contributed by atoms with E-state index in [9.17, 15) is 4.39 Å². The van der Waals surface area contributed by atoms with Crippen molar-refractivity contribution in [2.75, 3.05) is 13.8 Å². The summed E-state index contributed by atoms with van der Waals surface area (Å²) in [5.74, 6) is 0.853. The van der Waals surface area contributed by atoms with E-state index >= 15 is 0 Å². The second-order valence-corrected chi connectivity index (χ2v) is 3.48. The van der Waals surface area contributed by atoms with Gasteiger partial charge in [-0.25, -0.2) is 0 Å². The Labute approximate surface area is 88.3 Å². The maximum absolute atomic E-state index is 12.1. The molecular formula is C12H14FNO. The molecule has 0 aliphatic heterocycles. The summed E-state index contributed by atoms with van der Waals surface area (Å²) in [6, 6.07) is 7.94. The van der Waals surface area contributed by atoms with Crippen LogP contribution in [0, 0.1) is 0 Å². The molecule has 0 saturated carbocycles. The molecule has 0 fully saturated rings. The van der Waals surface area contributed by atoms with E-state index in [1.807, 2.05) is 30.5 Å². The molecule has 1 aromatic carbocycles. The Morgan fingerprint density at radius 3 is 2.93 bits per heavy atom. The Hall–Kier alpha value is -1.51. The zero-order valence-corrected chi connectivity index (χ0v) is 8.74. The van der Waals surface area contributed by atoms with Gasteiger partial charge in [-0.05, 0) is 30.7 Å². The van der Waals surface area contributed by atoms with Crippen molar-refractivity contribution in [3.05, 3.63) is 30.5 Å². The van der Waals surface area contributed by atoms with Crippen LogP contribution in [0.4, 0.5) is 4.39 Å². The summed E-state index contributed by atoms with van der Waals surface area (Å²) in [6.07, 6.45) is 2.55. The van der Waals surface area contributed by atoms with Crippen LogP contribution in [-0.2, 0) is 6.54 Å². The SMILES string of the molecule is COc1ccc2c(ccn2CCCF)c1. The number of alkyl halides is 1. The monoisotopic (exact) mass is 207 g/mol. The molecule has 1 aromatic heterocycles. The van der Waals surface area contributed by atoms with E-state index in [4.69, 9.17) is 4.74 Å². The van der Waals surface area contributed by atoms with Gasteiger partial charge in [-0.15, -0.1) is 0 Å². The molecule has 0 unspecified atom stereocenters. The smallest absolute Gasteiger partial charge is 0.119 e. The fraction of sp³-hybridized carbons (Fsp3) is 0.333. The van der Waals surface area contributed by atoms with E-state index in [2.05, 4.69) is 4.57 Å². The molecule has 0 amide bonds. The van der Waals surface area contributed by atoms with Crippen molar-refractivity contribution < 1.29 is 9.13 Å². The van der Waals surface area contributed by atoms with Gasteiger partial charge in [0.15, 0.2) is 0 Å². The molecule has 0 N–H and O–H groups in total. The highest BCUT2D eigenvalue weighted by Gasteiger charge is 2.01. The van der Waals surface area contributed by atoms with Crippen LogP contribution in [-0.4, -0.2) is 18.4 Å². The number of benzene rings is 1. The minimum atomic E-state index is -0.268. The fourth-order valence-corrected chi connectivity index (χ4v) is 1.73. The minimum Gasteiger partial charge on any atom is -0.497 e. The van der Waals surface area contributed by atoms with Crippen molar-refractivity contribution in [1.29, 1.82) is 0 Å². The van der Waals surface area contributed by atoms with E-state index < -0.39 is 0 Å². The van der Waals surface area contributed by atoms with E-state index in [1.54, 1.807) is 7.11 Å². The number of aromatic nitrogens is 1. The Morgan fingerprint density at radius 1 is 1.33 bits per heavy atom. The first-order chi connectivity index (χ1) is 7.35. The number of ether oxygens (including phenoxy) is 1. The van der Waals surface area contributed by atoms with Crippen LogP contribution in [0.25, 0.3) is 10.9 Å². The number of methoxy groups -OCH3 is 1. The van der Waals surface area contributed by atoms with Gasteiger partial charge >= 0.3 is 0 Å². The molecule has 0 spiro atoms.